The van der Waals surface area contributed by atoms with Crippen molar-refractivity contribution in [2.45, 2.75) is 38.3 Å². The third-order valence-corrected chi connectivity index (χ3v) is 3.89. The smallest absolute Gasteiger partial charge is 0.262 e. The van der Waals surface area contributed by atoms with Crippen LogP contribution >= 0.6 is 0 Å². The Bertz CT molecular complexity index is 245. The van der Waals surface area contributed by atoms with E-state index in [0.29, 0.717) is 5.92 Å². The van der Waals surface area contributed by atoms with E-state index < -0.39 is 5.92 Å². The lowest BCUT2D eigenvalue weighted by Gasteiger charge is -2.30. The maximum Gasteiger partial charge on any atom is 0.262 e. The number of hydrogen-bond acceptors (Lipinski definition) is 2. The largest absolute Gasteiger partial charge is 0.304 e. The van der Waals surface area contributed by atoms with Gasteiger partial charge in [0.2, 0.25) is 0 Å². The van der Waals surface area contributed by atoms with Crippen LogP contribution in [0, 0.1) is 5.92 Å². The van der Waals surface area contributed by atoms with E-state index in [1.54, 1.807) is 0 Å². The molecule has 0 saturated carbocycles. The molecule has 3 atom stereocenters. The third-order valence-electron chi connectivity index (χ3n) is 3.89. The molecule has 0 aromatic heterocycles. The molecule has 0 spiro atoms. The summed E-state index contributed by atoms with van der Waals surface area (Å²) >= 11 is 0. The second-order valence-electron chi connectivity index (χ2n) is 5.33. The lowest BCUT2D eigenvalue weighted by Crippen LogP contribution is -2.41. The monoisotopic (exact) mass is 218 g/mol. The van der Waals surface area contributed by atoms with Crippen molar-refractivity contribution in [3.63, 3.8) is 0 Å². The van der Waals surface area contributed by atoms with Gasteiger partial charge >= 0.3 is 0 Å². The summed E-state index contributed by atoms with van der Waals surface area (Å²) in [6.45, 7) is 5.99. The molecule has 2 fully saturated rings. The van der Waals surface area contributed by atoms with E-state index in [4.69, 9.17) is 0 Å². The van der Waals surface area contributed by atoms with E-state index in [0.717, 1.165) is 13.1 Å². The average molecular weight is 218 g/mol. The van der Waals surface area contributed by atoms with Crippen LogP contribution in [0.4, 0.5) is 8.78 Å². The number of alkyl halides is 2. The maximum absolute atomic E-state index is 13.3. The lowest BCUT2D eigenvalue weighted by molar-refractivity contribution is 0.00508. The first kappa shape index (κ1) is 11.3. The molecule has 88 valence electrons. The van der Waals surface area contributed by atoms with Gasteiger partial charge in [0, 0.05) is 31.6 Å². The minimum atomic E-state index is -2.48. The van der Waals surface area contributed by atoms with Gasteiger partial charge in [-0.25, -0.2) is 8.78 Å². The van der Waals surface area contributed by atoms with Crippen molar-refractivity contribution in [2.75, 3.05) is 26.7 Å². The molecule has 0 N–H and O–H groups in total. The first-order valence-electron chi connectivity index (χ1n) is 5.71. The molecule has 2 nitrogen and oxygen atoms in total. The highest BCUT2D eigenvalue weighted by Gasteiger charge is 2.48. The van der Waals surface area contributed by atoms with Crippen molar-refractivity contribution < 1.29 is 8.78 Å². The molecule has 4 heteroatoms. The van der Waals surface area contributed by atoms with Crippen LogP contribution in [0.3, 0.4) is 0 Å². The summed E-state index contributed by atoms with van der Waals surface area (Å²) in [6, 6.07) is 0.318. The van der Waals surface area contributed by atoms with Gasteiger partial charge in [0.1, 0.15) is 0 Å². The highest BCUT2D eigenvalue weighted by Crippen LogP contribution is 2.36. The van der Waals surface area contributed by atoms with Gasteiger partial charge in [-0.15, -0.1) is 0 Å². The van der Waals surface area contributed by atoms with Crippen molar-refractivity contribution in [1.82, 2.24) is 9.80 Å². The van der Waals surface area contributed by atoms with Crippen LogP contribution in [0.2, 0.25) is 0 Å². The van der Waals surface area contributed by atoms with Crippen LogP contribution in [0.25, 0.3) is 0 Å². The summed E-state index contributed by atoms with van der Waals surface area (Å²) in [7, 11) is 2.03. The van der Waals surface area contributed by atoms with Crippen molar-refractivity contribution in [3.05, 3.63) is 0 Å². The second-order valence-corrected chi connectivity index (χ2v) is 5.33. The number of halogens is 2. The predicted octanol–water partition coefficient (Wildman–Crippen LogP) is 1.67. The Morgan fingerprint density at radius 1 is 1.20 bits per heavy atom. The number of hydrogen-bond donors (Lipinski definition) is 0. The molecule has 2 heterocycles. The van der Waals surface area contributed by atoms with Gasteiger partial charge in [-0.1, -0.05) is 6.92 Å². The zero-order valence-electron chi connectivity index (χ0n) is 9.71. The fourth-order valence-electron chi connectivity index (χ4n) is 2.97. The van der Waals surface area contributed by atoms with Crippen molar-refractivity contribution >= 4 is 0 Å². The Kier molecular flexibility index (Phi) is 2.75. The third kappa shape index (κ3) is 2.16. The molecule has 0 aliphatic carbocycles. The molecule has 0 aromatic carbocycles. The van der Waals surface area contributed by atoms with Gasteiger partial charge < -0.3 is 4.90 Å². The van der Waals surface area contributed by atoms with Crippen LogP contribution in [0.1, 0.15) is 20.3 Å². The SMILES string of the molecule is C[C@@H]1CN(C)CC2CC(F)(F)CN2[C@@H]1C. The molecule has 2 aliphatic rings. The number of rotatable bonds is 0. The zero-order valence-corrected chi connectivity index (χ0v) is 9.71. The van der Waals surface area contributed by atoms with Crippen LogP contribution < -0.4 is 0 Å². The van der Waals surface area contributed by atoms with Crippen LogP contribution in [0.15, 0.2) is 0 Å². The zero-order chi connectivity index (χ0) is 11.2. The highest BCUT2D eigenvalue weighted by atomic mass is 19.3. The average Bonchev–Trinajstić information content (AvgIpc) is 2.34. The van der Waals surface area contributed by atoms with E-state index in [-0.39, 0.29) is 25.0 Å². The van der Waals surface area contributed by atoms with Gasteiger partial charge in [-0.05, 0) is 19.9 Å². The fourth-order valence-corrected chi connectivity index (χ4v) is 2.97. The van der Waals surface area contributed by atoms with Crippen LogP contribution in [0.5, 0.6) is 0 Å². The lowest BCUT2D eigenvalue weighted by atomic mass is 10.0. The summed E-state index contributed by atoms with van der Waals surface area (Å²) in [5.74, 6) is -2.01. The molecule has 15 heavy (non-hydrogen) atoms. The molecular weight excluding hydrogens is 198 g/mol. The quantitative estimate of drug-likeness (QED) is 0.610. The molecule has 2 aliphatic heterocycles. The Hall–Kier alpha value is -0.220. The van der Waals surface area contributed by atoms with Gasteiger partial charge in [0.05, 0.1) is 6.54 Å². The van der Waals surface area contributed by atoms with Crippen LogP contribution in [-0.2, 0) is 0 Å². The predicted molar refractivity (Wildman–Crippen MR) is 56.2 cm³/mol. The van der Waals surface area contributed by atoms with E-state index >= 15 is 0 Å². The first-order valence-corrected chi connectivity index (χ1v) is 5.71. The minimum Gasteiger partial charge on any atom is -0.304 e. The molecule has 0 amide bonds. The molecular formula is C11H20F2N2. The topological polar surface area (TPSA) is 6.48 Å². The van der Waals surface area contributed by atoms with Crippen molar-refractivity contribution in [1.29, 1.82) is 0 Å². The summed E-state index contributed by atoms with van der Waals surface area (Å²) < 4.78 is 26.7. The van der Waals surface area contributed by atoms with Gasteiger partial charge in [0.25, 0.3) is 5.92 Å². The molecule has 1 unspecified atom stereocenters. The number of fused-ring (bicyclic) bond motifs is 1. The summed E-state index contributed by atoms with van der Waals surface area (Å²) in [4.78, 5) is 4.20. The van der Waals surface area contributed by atoms with Crippen molar-refractivity contribution in [2.24, 2.45) is 5.92 Å². The fraction of sp³-hybridized carbons (Fsp3) is 1.00. The van der Waals surface area contributed by atoms with E-state index in [9.17, 15) is 8.78 Å². The van der Waals surface area contributed by atoms with Gasteiger partial charge in [-0.2, -0.15) is 0 Å². The van der Waals surface area contributed by atoms with E-state index in [1.807, 2.05) is 11.9 Å². The van der Waals surface area contributed by atoms with E-state index in [2.05, 4.69) is 18.7 Å². The normalized spacial score (nSPS) is 42.6. The Balaban J connectivity index is 2.17. The first-order chi connectivity index (χ1) is 6.89. The Morgan fingerprint density at radius 3 is 2.53 bits per heavy atom. The summed E-state index contributed by atoms with van der Waals surface area (Å²) in [5.41, 5.74) is 0. The Labute approximate surface area is 90.2 Å². The standard InChI is InChI=1S/C11H20F2N2/c1-8-5-14(3)6-10-4-11(12,13)7-15(10)9(8)2/h8-10H,4-7H2,1-3H3/t8-,9-,10?/m1/s1. The highest BCUT2D eigenvalue weighted by molar-refractivity contribution is 4.97. The number of nitrogens with zero attached hydrogens (tertiary/aromatic N) is 2. The Morgan fingerprint density at radius 2 is 1.87 bits per heavy atom. The molecule has 0 radical (unpaired) electrons. The molecule has 0 bridgehead atoms. The second kappa shape index (κ2) is 3.67. The summed E-state index contributed by atoms with van der Waals surface area (Å²) in [6.07, 6.45) is 0.0361. The molecule has 2 rings (SSSR count). The van der Waals surface area contributed by atoms with E-state index in [1.165, 1.54) is 0 Å². The maximum atomic E-state index is 13.3. The number of likely N-dealkylation sites (N-methyl/N-ethyl adjacent to an activating group) is 1. The van der Waals surface area contributed by atoms with Gasteiger partial charge in [0.15, 0.2) is 0 Å². The minimum absolute atomic E-state index is 0.0361. The van der Waals surface area contributed by atoms with Crippen LogP contribution in [-0.4, -0.2) is 54.5 Å². The van der Waals surface area contributed by atoms with Crippen molar-refractivity contribution in [3.8, 4) is 0 Å². The summed E-state index contributed by atoms with van der Waals surface area (Å²) in [5, 5.41) is 0. The van der Waals surface area contributed by atoms with Gasteiger partial charge in [-0.3, -0.25) is 4.90 Å². The molecule has 2 saturated heterocycles. The molecule has 0 aromatic rings.